The van der Waals surface area contributed by atoms with E-state index in [1.807, 2.05) is 0 Å². The Balaban J connectivity index is 2.13. The normalized spacial score (nSPS) is 23.5. The van der Waals surface area contributed by atoms with Gasteiger partial charge >= 0.3 is 0 Å². The Morgan fingerprint density at radius 2 is 2.26 bits per heavy atom. The van der Waals surface area contributed by atoms with Crippen LogP contribution in [0.1, 0.15) is 23.7 Å². The number of rotatable bonds is 2. The molecule has 0 spiro atoms. The monoisotopic (exact) mass is 329 g/mol. The summed E-state index contributed by atoms with van der Waals surface area (Å²) in [5, 5.41) is 0. The molecule has 0 aliphatic carbocycles. The molecule has 3 nitrogen and oxygen atoms in total. The SMILES string of the molecule is COC1CN(C(=O)c2ccc(Br)c(F)c2)CCC1C. The smallest absolute Gasteiger partial charge is 0.254 e. The van der Waals surface area contributed by atoms with Crippen LogP contribution in [0.3, 0.4) is 0 Å². The molecule has 0 bridgehead atoms. The minimum absolute atomic E-state index is 0.0537. The predicted octanol–water partition coefficient (Wildman–Crippen LogP) is 3.09. The zero-order chi connectivity index (χ0) is 14.0. The first-order chi connectivity index (χ1) is 9.02. The fourth-order valence-electron chi connectivity index (χ4n) is 2.34. The van der Waals surface area contributed by atoms with Gasteiger partial charge in [-0.3, -0.25) is 4.79 Å². The van der Waals surface area contributed by atoms with E-state index in [9.17, 15) is 9.18 Å². The molecular weight excluding hydrogens is 313 g/mol. The minimum Gasteiger partial charge on any atom is -0.379 e. The molecule has 2 unspecified atom stereocenters. The van der Waals surface area contributed by atoms with Crippen molar-refractivity contribution in [3.8, 4) is 0 Å². The number of nitrogens with zero attached hydrogens (tertiary/aromatic N) is 1. The minimum atomic E-state index is -0.417. The molecule has 1 heterocycles. The van der Waals surface area contributed by atoms with Crippen molar-refractivity contribution >= 4 is 21.8 Å². The molecule has 1 amide bonds. The number of likely N-dealkylation sites (tertiary alicyclic amines) is 1. The third-order valence-electron chi connectivity index (χ3n) is 3.65. The van der Waals surface area contributed by atoms with Gasteiger partial charge in [-0.1, -0.05) is 6.92 Å². The van der Waals surface area contributed by atoms with Crippen LogP contribution in [-0.2, 0) is 4.74 Å². The number of piperidine rings is 1. The Bertz CT molecular complexity index is 481. The number of carbonyl (C=O) groups is 1. The van der Waals surface area contributed by atoms with Crippen molar-refractivity contribution in [2.24, 2.45) is 5.92 Å². The van der Waals surface area contributed by atoms with E-state index in [0.717, 1.165) is 6.42 Å². The Morgan fingerprint density at radius 1 is 1.53 bits per heavy atom. The molecule has 1 fully saturated rings. The highest BCUT2D eigenvalue weighted by Crippen LogP contribution is 2.22. The van der Waals surface area contributed by atoms with E-state index in [-0.39, 0.29) is 12.0 Å². The second kappa shape index (κ2) is 6.01. The first-order valence-electron chi connectivity index (χ1n) is 6.30. The highest BCUT2D eigenvalue weighted by Gasteiger charge is 2.29. The number of amides is 1. The van der Waals surface area contributed by atoms with Crippen molar-refractivity contribution in [3.05, 3.63) is 34.1 Å². The summed E-state index contributed by atoms with van der Waals surface area (Å²) < 4.78 is 19.2. The van der Waals surface area contributed by atoms with E-state index < -0.39 is 5.82 Å². The second-order valence-electron chi connectivity index (χ2n) is 4.92. The van der Waals surface area contributed by atoms with Gasteiger partial charge in [0, 0.05) is 25.8 Å². The molecule has 5 heteroatoms. The summed E-state index contributed by atoms with van der Waals surface area (Å²) in [4.78, 5) is 14.1. The standard InChI is InChI=1S/C14H17BrFNO2/c1-9-5-6-17(8-13(9)19-2)14(18)10-3-4-11(15)12(16)7-10/h3-4,7,9,13H,5-6,8H2,1-2H3. The van der Waals surface area contributed by atoms with Crippen LogP contribution in [0.2, 0.25) is 0 Å². The van der Waals surface area contributed by atoms with Crippen LogP contribution in [0.5, 0.6) is 0 Å². The van der Waals surface area contributed by atoms with Crippen LogP contribution in [0, 0.1) is 11.7 Å². The van der Waals surface area contributed by atoms with E-state index >= 15 is 0 Å². The fourth-order valence-corrected chi connectivity index (χ4v) is 2.58. The summed E-state index contributed by atoms with van der Waals surface area (Å²) in [6.45, 7) is 3.38. The molecule has 0 radical (unpaired) electrons. The quantitative estimate of drug-likeness (QED) is 0.834. The van der Waals surface area contributed by atoms with Crippen LogP contribution in [0.25, 0.3) is 0 Å². The van der Waals surface area contributed by atoms with E-state index in [0.29, 0.717) is 29.0 Å². The van der Waals surface area contributed by atoms with Gasteiger partial charge in [-0.2, -0.15) is 0 Å². The molecule has 1 aromatic rings. The fraction of sp³-hybridized carbons (Fsp3) is 0.500. The zero-order valence-electron chi connectivity index (χ0n) is 11.0. The van der Waals surface area contributed by atoms with Gasteiger partial charge in [0.1, 0.15) is 5.82 Å². The molecule has 0 saturated carbocycles. The first kappa shape index (κ1) is 14.5. The predicted molar refractivity (Wildman–Crippen MR) is 74.6 cm³/mol. The van der Waals surface area contributed by atoms with Crippen LogP contribution in [-0.4, -0.2) is 37.1 Å². The average molecular weight is 330 g/mol. The molecule has 1 saturated heterocycles. The molecule has 1 aliphatic heterocycles. The van der Waals surface area contributed by atoms with E-state index in [1.165, 1.54) is 6.07 Å². The van der Waals surface area contributed by atoms with Crippen molar-refractivity contribution < 1.29 is 13.9 Å². The third kappa shape index (κ3) is 3.15. The first-order valence-corrected chi connectivity index (χ1v) is 7.09. The number of carbonyl (C=O) groups excluding carboxylic acids is 1. The molecule has 19 heavy (non-hydrogen) atoms. The van der Waals surface area contributed by atoms with Crippen molar-refractivity contribution in [2.75, 3.05) is 20.2 Å². The molecule has 0 N–H and O–H groups in total. The lowest BCUT2D eigenvalue weighted by Gasteiger charge is -2.36. The summed E-state index contributed by atoms with van der Waals surface area (Å²) in [6.07, 6.45) is 0.960. The van der Waals surface area contributed by atoms with Crippen LogP contribution in [0.15, 0.2) is 22.7 Å². The Hall–Kier alpha value is -0.940. The van der Waals surface area contributed by atoms with Gasteiger partial charge < -0.3 is 9.64 Å². The molecule has 1 aromatic carbocycles. The molecule has 2 atom stereocenters. The number of halogens is 2. The maximum atomic E-state index is 13.5. The lowest BCUT2D eigenvalue weighted by molar-refractivity contribution is -0.00157. The summed E-state index contributed by atoms with van der Waals surface area (Å²) in [7, 11) is 1.66. The molecule has 1 aliphatic rings. The maximum Gasteiger partial charge on any atom is 0.254 e. The number of methoxy groups -OCH3 is 1. The Morgan fingerprint density at radius 3 is 2.89 bits per heavy atom. The largest absolute Gasteiger partial charge is 0.379 e. The van der Waals surface area contributed by atoms with Crippen molar-refractivity contribution in [1.82, 2.24) is 4.90 Å². The average Bonchev–Trinajstić information content (AvgIpc) is 2.41. The van der Waals surface area contributed by atoms with E-state index in [4.69, 9.17) is 4.74 Å². The lowest BCUT2D eigenvalue weighted by Crippen LogP contribution is -2.46. The van der Waals surface area contributed by atoms with Gasteiger partial charge in [0.2, 0.25) is 0 Å². The van der Waals surface area contributed by atoms with Crippen molar-refractivity contribution in [2.45, 2.75) is 19.4 Å². The van der Waals surface area contributed by atoms with Crippen LogP contribution in [0.4, 0.5) is 4.39 Å². The van der Waals surface area contributed by atoms with E-state index in [2.05, 4.69) is 22.9 Å². The summed E-state index contributed by atoms with van der Waals surface area (Å²) in [5.41, 5.74) is 0.380. The number of hydrogen-bond acceptors (Lipinski definition) is 2. The van der Waals surface area contributed by atoms with Crippen LogP contribution >= 0.6 is 15.9 Å². The molecule has 2 rings (SSSR count). The highest BCUT2D eigenvalue weighted by molar-refractivity contribution is 9.10. The lowest BCUT2D eigenvalue weighted by atomic mass is 9.95. The summed E-state index contributed by atoms with van der Waals surface area (Å²) in [6, 6.07) is 4.46. The summed E-state index contributed by atoms with van der Waals surface area (Å²) in [5.74, 6) is -0.115. The molecule has 0 aromatic heterocycles. The topological polar surface area (TPSA) is 29.5 Å². The Labute approximate surface area is 120 Å². The van der Waals surface area contributed by atoms with Gasteiger partial charge in [0.15, 0.2) is 0 Å². The highest BCUT2D eigenvalue weighted by atomic mass is 79.9. The van der Waals surface area contributed by atoms with Gasteiger partial charge in [-0.25, -0.2) is 4.39 Å². The van der Waals surface area contributed by atoms with Gasteiger partial charge in [-0.15, -0.1) is 0 Å². The third-order valence-corrected chi connectivity index (χ3v) is 4.29. The number of benzene rings is 1. The van der Waals surface area contributed by atoms with Gasteiger partial charge in [0.05, 0.1) is 10.6 Å². The molecule has 104 valence electrons. The number of hydrogen-bond donors (Lipinski definition) is 0. The van der Waals surface area contributed by atoms with Crippen molar-refractivity contribution in [1.29, 1.82) is 0 Å². The van der Waals surface area contributed by atoms with Crippen molar-refractivity contribution in [3.63, 3.8) is 0 Å². The van der Waals surface area contributed by atoms with Crippen LogP contribution < -0.4 is 0 Å². The summed E-state index contributed by atoms with van der Waals surface area (Å²) >= 11 is 3.08. The number of ether oxygens (including phenoxy) is 1. The van der Waals surface area contributed by atoms with Gasteiger partial charge in [-0.05, 0) is 46.5 Å². The maximum absolute atomic E-state index is 13.5. The zero-order valence-corrected chi connectivity index (χ0v) is 12.6. The molecular formula is C14H17BrFNO2. The van der Waals surface area contributed by atoms with E-state index in [1.54, 1.807) is 24.1 Å². The van der Waals surface area contributed by atoms with Gasteiger partial charge in [0.25, 0.3) is 5.91 Å². The Kier molecular flexibility index (Phi) is 4.58. The second-order valence-corrected chi connectivity index (χ2v) is 5.77.